The lowest BCUT2D eigenvalue weighted by Gasteiger charge is -2.33. The quantitative estimate of drug-likeness (QED) is 0.527. The number of benzene rings is 2. The van der Waals surface area contributed by atoms with Gasteiger partial charge < -0.3 is 19.9 Å². The van der Waals surface area contributed by atoms with Gasteiger partial charge in [-0.2, -0.15) is 0 Å². The van der Waals surface area contributed by atoms with E-state index in [9.17, 15) is 14.4 Å². The number of nitrogens with one attached hydrogen (secondary N) is 1. The number of likely N-dealkylation sites (tertiary alicyclic amines) is 1. The van der Waals surface area contributed by atoms with E-state index in [0.29, 0.717) is 22.8 Å². The van der Waals surface area contributed by atoms with Crippen LogP contribution in [-0.2, 0) is 9.59 Å². The zero-order valence-corrected chi connectivity index (χ0v) is 21.9. The Balaban J connectivity index is 1.50. The van der Waals surface area contributed by atoms with E-state index in [1.165, 1.54) is 0 Å². The maximum absolute atomic E-state index is 14.1. The van der Waals surface area contributed by atoms with Crippen LogP contribution in [0, 0.1) is 5.92 Å². The van der Waals surface area contributed by atoms with Crippen molar-refractivity contribution in [3.05, 3.63) is 84.1 Å². The van der Waals surface area contributed by atoms with Gasteiger partial charge in [-0.1, -0.05) is 50.3 Å². The highest BCUT2D eigenvalue weighted by molar-refractivity contribution is 6.03. The van der Waals surface area contributed by atoms with Gasteiger partial charge >= 0.3 is 6.03 Å². The van der Waals surface area contributed by atoms with Gasteiger partial charge in [0.05, 0.1) is 23.9 Å². The molecule has 5 rings (SSSR count). The third-order valence-corrected chi connectivity index (χ3v) is 7.37. The van der Waals surface area contributed by atoms with Gasteiger partial charge in [0.2, 0.25) is 5.91 Å². The molecule has 1 N–H and O–H groups in total. The number of carbonyl (C=O) groups excluding carboxylic acids is 3. The number of nitrogens with zero attached hydrogens (tertiary/aromatic N) is 3. The van der Waals surface area contributed by atoms with Gasteiger partial charge in [-0.05, 0) is 48.6 Å². The molecule has 1 fully saturated rings. The monoisotopic (exact) mass is 514 g/mol. The fourth-order valence-corrected chi connectivity index (χ4v) is 5.60. The molecule has 0 saturated carbocycles. The Hall–Kier alpha value is -4.07. The predicted octanol–water partition coefficient (Wildman–Crippen LogP) is 4.47. The van der Waals surface area contributed by atoms with Crippen LogP contribution in [-0.4, -0.2) is 64.8 Å². The zero-order valence-electron chi connectivity index (χ0n) is 21.9. The van der Waals surface area contributed by atoms with Crippen LogP contribution in [0.4, 0.5) is 4.79 Å². The summed E-state index contributed by atoms with van der Waals surface area (Å²) in [5.41, 5.74) is 1.85. The average Bonchev–Trinajstić information content (AvgIpc) is 3.56. The van der Waals surface area contributed by atoms with Crippen molar-refractivity contribution in [2.75, 3.05) is 26.2 Å². The molecule has 2 aromatic carbocycles. The Bertz CT molecular complexity index is 1270. The Morgan fingerprint density at radius 2 is 1.79 bits per heavy atom. The van der Waals surface area contributed by atoms with Crippen LogP contribution in [0.3, 0.4) is 0 Å². The summed E-state index contributed by atoms with van der Waals surface area (Å²) in [5, 5.41) is 3.02. The first-order valence-electron chi connectivity index (χ1n) is 13.2. The molecule has 3 aliphatic heterocycles. The minimum atomic E-state index is -0.662. The number of rotatable bonds is 8. The molecule has 2 atom stereocenters. The van der Waals surface area contributed by atoms with Gasteiger partial charge in [0.15, 0.2) is 0 Å². The summed E-state index contributed by atoms with van der Waals surface area (Å²) >= 11 is 0. The third-order valence-electron chi connectivity index (χ3n) is 7.37. The van der Waals surface area contributed by atoms with E-state index >= 15 is 0 Å². The van der Waals surface area contributed by atoms with Crippen LogP contribution in [0.5, 0.6) is 11.5 Å². The number of amides is 4. The van der Waals surface area contributed by atoms with Crippen molar-refractivity contribution < 1.29 is 19.1 Å². The highest BCUT2D eigenvalue weighted by atomic mass is 16.5. The van der Waals surface area contributed by atoms with Gasteiger partial charge in [-0.25, -0.2) is 4.79 Å². The Morgan fingerprint density at radius 3 is 2.47 bits per heavy atom. The molecule has 2 aromatic rings. The SMILES string of the molecule is C=CCN1C(=O)N[C@@H](c2cccc(Oc3ccccc3)c2)C2=C1CN([C@@H](C(=O)N1CCCC1)C(C)C)C2=O. The summed E-state index contributed by atoms with van der Waals surface area (Å²) < 4.78 is 6.02. The minimum Gasteiger partial charge on any atom is -0.457 e. The van der Waals surface area contributed by atoms with Crippen molar-refractivity contribution in [1.29, 1.82) is 0 Å². The van der Waals surface area contributed by atoms with Crippen LogP contribution in [0.25, 0.3) is 0 Å². The topological polar surface area (TPSA) is 82.2 Å². The van der Waals surface area contributed by atoms with E-state index in [4.69, 9.17) is 4.74 Å². The van der Waals surface area contributed by atoms with Gasteiger partial charge in [-0.3, -0.25) is 14.5 Å². The summed E-state index contributed by atoms with van der Waals surface area (Å²) in [6.07, 6.45) is 3.60. The van der Waals surface area contributed by atoms with E-state index in [1.807, 2.05) is 73.3 Å². The number of hydrogen-bond acceptors (Lipinski definition) is 4. The van der Waals surface area contributed by atoms with Gasteiger partial charge in [-0.15, -0.1) is 6.58 Å². The maximum atomic E-state index is 14.1. The van der Waals surface area contributed by atoms with Crippen LogP contribution in [0.15, 0.2) is 78.5 Å². The Labute approximate surface area is 223 Å². The van der Waals surface area contributed by atoms with Gasteiger partial charge in [0.1, 0.15) is 17.5 Å². The smallest absolute Gasteiger partial charge is 0.322 e. The molecule has 3 aliphatic rings. The van der Waals surface area contributed by atoms with Crippen molar-refractivity contribution in [3.63, 3.8) is 0 Å². The second-order valence-electron chi connectivity index (χ2n) is 10.3. The summed E-state index contributed by atoms with van der Waals surface area (Å²) in [6, 6.07) is 15.3. The summed E-state index contributed by atoms with van der Waals surface area (Å²) in [6.45, 7) is 9.64. The number of para-hydroxylation sites is 1. The van der Waals surface area contributed by atoms with Gasteiger partial charge in [0, 0.05) is 19.6 Å². The molecule has 0 aromatic heterocycles. The molecular weight excluding hydrogens is 480 g/mol. The first-order valence-corrected chi connectivity index (χ1v) is 13.2. The van der Waals surface area contributed by atoms with E-state index < -0.39 is 12.1 Å². The second-order valence-corrected chi connectivity index (χ2v) is 10.3. The zero-order chi connectivity index (χ0) is 26.8. The lowest BCUT2D eigenvalue weighted by atomic mass is 9.95. The molecule has 0 radical (unpaired) electrons. The van der Waals surface area contributed by atoms with Gasteiger partial charge in [0.25, 0.3) is 5.91 Å². The van der Waals surface area contributed by atoms with Crippen molar-refractivity contribution in [2.24, 2.45) is 5.92 Å². The molecule has 0 unspecified atom stereocenters. The van der Waals surface area contributed by atoms with Crippen LogP contribution in [0.2, 0.25) is 0 Å². The highest BCUT2D eigenvalue weighted by Gasteiger charge is 2.48. The fraction of sp³-hybridized carbons (Fsp3) is 0.367. The van der Waals surface area contributed by atoms with Crippen LogP contribution < -0.4 is 10.1 Å². The third kappa shape index (κ3) is 4.78. The molecule has 1 saturated heterocycles. The lowest BCUT2D eigenvalue weighted by molar-refractivity contribution is -0.144. The van der Waals surface area contributed by atoms with Crippen LogP contribution >= 0.6 is 0 Å². The standard InChI is InChI=1S/C30H34N4O4/c1-4-15-33-24-19-34(27(20(2)3)29(36)32-16-8-9-17-32)28(35)25(24)26(31-30(33)37)21-11-10-14-23(18-21)38-22-12-6-5-7-13-22/h4-7,10-14,18,20,26-27H,1,8-9,15-17,19H2,2-3H3,(H,31,37)/t26-,27+/m0/s1. The molecule has 8 nitrogen and oxygen atoms in total. The maximum Gasteiger partial charge on any atom is 0.322 e. The molecule has 4 amide bonds. The normalized spacial score (nSPS) is 20.1. The van der Waals surface area contributed by atoms with Crippen molar-refractivity contribution in [3.8, 4) is 11.5 Å². The van der Waals surface area contributed by atoms with E-state index in [2.05, 4.69) is 11.9 Å². The molecule has 38 heavy (non-hydrogen) atoms. The Morgan fingerprint density at radius 1 is 1.08 bits per heavy atom. The summed E-state index contributed by atoms with van der Waals surface area (Å²) in [5.74, 6) is 0.976. The highest BCUT2D eigenvalue weighted by Crippen LogP contribution is 2.39. The first kappa shape index (κ1) is 25.6. The molecule has 198 valence electrons. The molecule has 8 heteroatoms. The number of hydrogen-bond donors (Lipinski definition) is 1. The van der Waals surface area contributed by atoms with E-state index in [-0.39, 0.29) is 36.9 Å². The van der Waals surface area contributed by atoms with Crippen molar-refractivity contribution in [1.82, 2.24) is 20.0 Å². The average molecular weight is 515 g/mol. The number of ether oxygens (including phenoxy) is 1. The molecular formula is C30H34N4O4. The molecule has 0 aliphatic carbocycles. The molecule has 0 spiro atoms. The molecule has 0 bridgehead atoms. The Kier molecular flexibility index (Phi) is 7.22. The predicted molar refractivity (Wildman–Crippen MR) is 144 cm³/mol. The van der Waals surface area contributed by atoms with E-state index in [0.717, 1.165) is 31.5 Å². The second kappa shape index (κ2) is 10.7. The van der Waals surface area contributed by atoms with Crippen molar-refractivity contribution in [2.45, 2.75) is 38.8 Å². The lowest BCUT2D eigenvalue weighted by Crippen LogP contribution is -2.52. The fourth-order valence-electron chi connectivity index (χ4n) is 5.60. The minimum absolute atomic E-state index is 0.0185. The van der Waals surface area contributed by atoms with E-state index in [1.54, 1.807) is 15.9 Å². The number of urea groups is 1. The van der Waals surface area contributed by atoms with Crippen LogP contribution in [0.1, 0.15) is 38.3 Å². The summed E-state index contributed by atoms with van der Waals surface area (Å²) in [7, 11) is 0. The summed E-state index contributed by atoms with van der Waals surface area (Å²) in [4.78, 5) is 46.0. The molecule has 3 heterocycles. The largest absolute Gasteiger partial charge is 0.457 e. The first-order chi connectivity index (χ1) is 18.4. The van der Waals surface area contributed by atoms with Crippen molar-refractivity contribution >= 4 is 17.8 Å². The number of carbonyl (C=O) groups is 3.